The minimum atomic E-state index is -0.0611. The van der Waals surface area contributed by atoms with E-state index in [0.717, 1.165) is 24.1 Å². The van der Waals surface area contributed by atoms with Crippen molar-refractivity contribution in [1.29, 1.82) is 0 Å². The number of hydrogen-bond donors (Lipinski definition) is 3. The summed E-state index contributed by atoms with van der Waals surface area (Å²) in [5, 5.41) is 23.7. The van der Waals surface area contributed by atoms with Gasteiger partial charge in [0.25, 0.3) is 0 Å². The van der Waals surface area contributed by atoms with Crippen molar-refractivity contribution in [3.8, 4) is 11.5 Å². The van der Waals surface area contributed by atoms with E-state index in [1.165, 1.54) is 16.7 Å². The van der Waals surface area contributed by atoms with Crippen LogP contribution in [-0.4, -0.2) is 16.8 Å². The van der Waals surface area contributed by atoms with Crippen LogP contribution in [0.2, 0.25) is 0 Å². The smallest absolute Gasteiger partial charge is 0.157 e. The van der Waals surface area contributed by atoms with E-state index in [-0.39, 0.29) is 23.5 Å². The number of hydrogen-bond acceptors (Lipinski definition) is 3. The molecule has 1 heterocycles. The third-order valence-electron chi connectivity index (χ3n) is 5.35. The molecule has 0 spiro atoms. The first-order chi connectivity index (χ1) is 12.6. The monoisotopic (exact) mass is 345 g/mol. The number of aryl methyl sites for hydroxylation is 1. The summed E-state index contributed by atoms with van der Waals surface area (Å²) in [5.41, 5.74) is 5.91. The highest BCUT2D eigenvalue weighted by Crippen LogP contribution is 2.43. The lowest BCUT2D eigenvalue weighted by atomic mass is 9.77. The van der Waals surface area contributed by atoms with Crippen molar-refractivity contribution in [3.63, 3.8) is 0 Å². The lowest BCUT2D eigenvalue weighted by Gasteiger charge is -2.35. The van der Waals surface area contributed by atoms with E-state index in [1.807, 2.05) is 6.07 Å². The summed E-state index contributed by atoms with van der Waals surface area (Å²) in [6.45, 7) is 2.99. The van der Waals surface area contributed by atoms with E-state index >= 15 is 0 Å². The van der Waals surface area contributed by atoms with Crippen molar-refractivity contribution >= 4 is 0 Å². The number of nitrogens with one attached hydrogen (secondary N) is 1. The summed E-state index contributed by atoms with van der Waals surface area (Å²) < 4.78 is 0. The molecule has 0 bridgehead atoms. The van der Waals surface area contributed by atoms with Gasteiger partial charge in [0.05, 0.1) is 0 Å². The van der Waals surface area contributed by atoms with Gasteiger partial charge >= 0.3 is 0 Å². The number of fused-ring (bicyclic) bond motifs is 1. The maximum absolute atomic E-state index is 10.1. The van der Waals surface area contributed by atoms with Crippen LogP contribution in [0.3, 0.4) is 0 Å². The number of phenols is 2. The van der Waals surface area contributed by atoms with Crippen molar-refractivity contribution < 1.29 is 10.2 Å². The zero-order valence-electron chi connectivity index (χ0n) is 14.8. The number of benzene rings is 3. The maximum atomic E-state index is 10.1. The van der Waals surface area contributed by atoms with Crippen LogP contribution in [0.5, 0.6) is 11.5 Å². The van der Waals surface area contributed by atoms with E-state index in [1.54, 1.807) is 12.1 Å². The van der Waals surface area contributed by atoms with Crippen molar-refractivity contribution in [3.05, 3.63) is 94.5 Å². The Balaban J connectivity index is 1.89. The molecule has 3 aromatic carbocycles. The summed E-state index contributed by atoms with van der Waals surface area (Å²) >= 11 is 0. The predicted molar refractivity (Wildman–Crippen MR) is 104 cm³/mol. The second-order valence-electron chi connectivity index (χ2n) is 6.97. The quantitative estimate of drug-likeness (QED) is 0.616. The number of aromatic hydroxyl groups is 2. The fourth-order valence-electron chi connectivity index (χ4n) is 4.06. The lowest BCUT2D eigenvalue weighted by molar-refractivity contribution is 0.396. The average molecular weight is 345 g/mol. The number of phenolic OH excluding ortho intramolecular Hbond substituents is 2. The highest BCUT2D eigenvalue weighted by atomic mass is 16.3. The molecule has 1 aliphatic rings. The molecule has 0 radical (unpaired) electrons. The highest BCUT2D eigenvalue weighted by molar-refractivity contribution is 5.51. The molecule has 0 saturated carbocycles. The average Bonchev–Trinajstić information content (AvgIpc) is 2.66. The molecule has 2 unspecified atom stereocenters. The van der Waals surface area contributed by atoms with Crippen LogP contribution in [0.4, 0.5) is 0 Å². The minimum Gasteiger partial charge on any atom is -0.504 e. The summed E-state index contributed by atoms with van der Waals surface area (Å²) in [7, 11) is 0. The van der Waals surface area contributed by atoms with Gasteiger partial charge in [0.1, 0.15) is 0 Å². The molecule has 0 fully saturated rings. The molecule has 0 amide bonds. The van der Waals surface area contributed by atoms with Gasteiger partial charge in [-0.3, -0.25) is 0 Å². The van der Waals surface area contributed by atoms with Gasteiger partial charge in [-0.1, -0.05) is 54.6 Å². The van der Waals surface area contributed by atoms with E-state index in [0.29, 0.717) is 0 Å². The Labute approximate surface area is 154 Å². The molecule has 0 aliphatic carbocycles. The first kappa shape index (κ1) is 16.7. The zero-order chi connectivity index (χ0) is 18.1. The standard InChI is InChI=1S/C23H23NO2/c1-15-7-5-6-10-18(15)22(16-8-3-2-4-9-16)23-19-14-21(26)20(25)13-17(19)11-12-24-23/h2-10,13-14,22-26H,11-12H2,1H3. The SMILES string of the molecule is Cc1ccccc1C(c1ccccc1)C1NCCc2cc(O)c(O)cc21. The summed E-state index contributed by atoms with van der Waals surface area (Å²) in [5.74, 6) is 0.0194. The van der Waals surface area contributed by atoms with Crippen LogP contribution in [0, 0.1) is 6.92 Å². The van der Waals surface area contributed by atoms with Crippen molar-refractivity contribution in [2.75, 3.05) is 6.54 Å². The van der Waals surface area contributed by atoms with Crippen molar-refractivity contribution in [2.45, 2.75) is 25.3 Å². The normalized spacial score (nSPS) is 17.5. The lowest BCUT2D eigenvalue weighted by Crippen LogP contribution is -2.34. The molecule has 4 rings (SSSR count). The van der Waals surface area contributed by atoms with Gasteiger partial charge in [0.2, 0.25) is 0 Å². The van der Waals surface area contributed by atoms with Crippen LogP contribution < -0.4 is 5.32 Å². The van der Waals surface area contributed by atoms with Gasteiger partial charge in [0, 0.05) is 12.0 Å². The largest absolute Gasteiger partial charge is 0.504 e. The topological polar surface area (TPSA) is 52.5 Å². The molecule has 26 heavy (non-hydrogen) atoms. The Hall–Kier alpha value is -2.78. The Bertz CT molecular complexity index is 921. The molecule has 3 N–H and O–H groups in total. The van der Waals surface area contributed by atoms with Crippen LogP contribution in [0.25, 0.3) is 0 Å². The Morgan fingerprint density at radius 2 is 1.62 bits per heavy atom. The van der Waals surface area contributed by atoms with Gasteiger partial charge < -0.3 is 15.5 Å². The van der Waals surface area contributed by atoms with Crippen LogP contribution in [0.15, 0.2) is 66.7 Å². The molecule has 0 aromatic heterocycles. The van der Waals surface area contributed by atoms with Crippen molar-refractivity contribution in [1.82, 2.24) is 5.32 Å². The molecule has 0 saturated heterocycles. The molecule has 2 atom stereocenters. The third kappa shape index (κ3) is 2.95. The maximum Gasteiger partial charge on any atom is 0.157 e. The first-order valence-corrected chi connectivity index (χ1v) is 9.04. The molecule has 3 aromatic rings. The van der Waals surface area contributed by atoms with Gasteiger partial charge in [-0.25, -0.2) is 0 Å². The Morgan fingerprint density at radius 3 is 2.38 bits per heavy atom. The molecule has 132 valence electrons. The molecular formula is C23H23NO2. The molecular weight excluding hydrogens is 322 g/mol. The third-order valence-corrected chi connectivity index (χ3v) is 5.35. The van der Waals surface area contributed by atoms with Gasteiger partial charge in [-0.15, -0.1) is 0 Å². The summed E-state index contributed by atoms with van der Waals surface area (Å²) in [6.07, 6.45) is 0.842. The van der Waals surface area contributed by atoms with Crippen LogP contribution in [0.1, 0.15) is 39.8 Å². The Kier molecular flexibility index (Phi) is 4.39. The number of rotatable bonds is 3. The second kappa shape index (κ2) is 6.85. The Morgan fingerprint density at radius 1 is 0.923 bits per heavy atom. The second-order valence-corrected chi connectivity index (χ2v) is 6.97. The summed E-state index contributed by atoms with van der Waals surface area (Å²) in [4.78, 5) is 0. The molecule has 3 heteroatoms. The predicted octanol–water partition coefficient (Wildman–Crippen LogP) is 4.43. The van der Waals surface area contributed by atoms with Crippen LogP contribution in [-0.2, 0) is 6.42 Å². The first-order valence-electron chi connectivity index (χ1n) is 9.04. The molecule has 1 aliphatic heterocycles. The summed E-state index contributed by atoms with van der Waals surface area (Å²) in [6, 6.07) is 22.4. The van der Waals surface area contributed by atoms with E-state index in [9.17, 15) is 10.2 Å². The van der Waals surface area contributed by atoms with E-state index < -0.39 is 0 Å². The van der Waals surface area contributed by atoms with Crippen molar-refractivity contribution in [2.24, 2.45) is 0 Å². The minimum absolute atomic E-state index is 0.0359. The van der Waals surface area contributed by atoms with Gasteiger partial charge in [-0.05, 0) is 59.8 Å². The zero-order valence-corrected chi connectivity index (χ0v) is 14.8. The van der Waals surface area contributed by atoms with E-state index in [2.05, 4.69) is 60.8 Å². The van der Waals surface area contributed by atoms with Gasteiger partial charge in [-0.2, -0.15) is 0 Å². The van der Waals surface area contributed by atoms with Crippen LogP contribution >= 0.6 is 0 Å². The fraction of sp³-hybridized carbons (Fsp3) is 0.217. The highest BCUT2D eigenvalue weighted by Gasteiger charge is 2.31. The fourth-order valence-corrected chi connectivity index (χ4v) is 4.06. The molecule has 3 nitrogen and oxygen atoms in total. The van der Waals surface area contributed by atoms with E-state index in [4.69, 9.17) is 0 Å². The van der Waals surface area contributed by atoms with Gasteiger partial charge in [0.15, 0.2) is 11.5 Å².